The maximum Gasteiger partial charge on any atom is 0.251 e. The van der Waals surface area contributed by atoms with Crippen LogP contribution in [0.2, 0.25) is 0 Å². The van der Waals surface area contributed by atoms with Gasteiger partial charge in [-0.25, -0.2) is 13.6 Å². The number of nitrogens with one attached hydrogen (secondary N) is 1. The lowest BCUT2D eigenvalue weighted by Crippen LogP contribution is -2.27. The van der Waals surface area contributed by atoms with Crippen LogP contribution in [0.4, 0.5) is 0 Å². The molecule has 8 heteroatoms. The predicted octanol–water partition coefficient (Wildman–Crippen LogP) is 1.40. The summed E-state index contributed by atoms with van der Waals surface area (Å²) in [4.78, 5) is 11.9. The lowest BCUT2D eigenvalue weighted by atomic mass is 10.1. The number of hydrogen-bond acceptors (Lipinski definition) is 4. The van der Waals surface area contributed by atoms with Gasteiger partial charge in [-0.15, -0.1) is 0 Å². The highest BCUT2D eigenvalue weighted by Crippen LogP contribution is 2.19. The normalized spacial score (nSPS) is 18.7. The fourth-order valence-electron chi connectivity index (χ4n) is 2.18. The summed E-state index contributed by atoms with van der Waals surface area (Å²) >= 11 is 3.18. The Bertz CT molecular complexity index is 627. The van der Waals surface area contributed by atoms with E-state index >= 15 is 0 Å². The average Bonchev–Trinajstić information content (AvgIpc) is 2.90. The molecule has 1 saturated heterocycles. The Balaban J connectivity index is 2.00. The summed E-state index contributed by atoms with van der Waals surface area (Å²) in [6.45, 7) is 1.27. The number of amides is 1. The van der Waals surface area contributed by atoms with E-state index in [-0.39, 0.29) is 22.5 Å². The largest absolute Gasteiger partial charge is 0.378 e. The number of benzene rings is 1. The van der Waals surface area contributed by atoms with Crippen molar-refractivity contribution in [1.29, 1.82) is 0 Å². The number of rotatable bonds is 5. The van der Waals surface area contributed by atoms with Crippen molar-refractivity contribution in [1.82, 2.24) is 5.32 Å². The van der Waals surface area contributed by atoms with E-state index in [0.29, 0.717) is 11.0 Å². The van der Waals surface area contributed by atoms with Crippen molar-refractivity contribution >= 4 is 31.9 Å². The van der Waals surface area contributed by atoms with Crippen LogP contribution in [-0.2, 0) is 14.8 Å². The highest BCUT2D eigenvalue weighted by atomic mass is 79.9. The second-order valence-corrected chi connectivity index (χ2v) is 7.38. The molecule has 1 atom stereocenters. The number of hydrogen-bond donors (Lipinski definition) is 2. The van der Waals surface area contributed by atoms with Crippen molar-refractivity contribution in [2.45, 2.75) is 30.3 Å². The topological polar surface area (TPSA) is 98.5 Å². The third-order valence-corrected chi connectivity index (χ3v) is 4.59. The molecule has 0 bridgehead atoms. The van der Waals surface area contributed by atoms with E-state index in [1.165, 1.54) is 12.1 Å². The first kappa shape index (κ1) is 16.4. The predicted molar refractivity (Wildman–Crippen MR) is 81.4 cm³/mol. The zero-order valence-corrected chi connectivity index (χ0v) is 13.7. The summed E-state index contributed by atoms with van der Waals surface area (Å²) < 4.78 is 28.7. The molecule has 1 aliphatic heterocycles. The molecule has 116 valence electrons. The van der Waals surface area contributed by atoms with E-state index in [0.717, 1.165) is 25.9 Å². The van der Waals surface area contributed by atoms with Gasteiger partial charge in [0.2, 0.25) is 10.0 Å². The maximum absolute atomic E-state index is 12.0. The number of halogens is 1. The van der Waals surface area contributed by atoms with E-state index in [2.05, 4.69) is 21.2 Å². The van der Waals surface area contributed by atoms with Crippen molar-refractivity contribution in [2.75, 3.05) is 13.2 Å². The van der Waals surface area contributed by atoms with Crippen LogP contribution in [0.5, 0.6) is 0 Å². The molecular weight excluding hydrogens is 360 g/mol. The number of carbonyl (C=O) groups excluding carboxylic acids is 1. The number of sulfonamides is 1. The Morgan fingerprint density at radius 3 is 2.81 bits per heavy atom. The molecule has 2 rings (SSSR count). The van der Waals surface area contributed by atoms with Gasteiger partial charge in [-0.05, 0) is 37.5 Å². The summed E-state index contributed by atoms with van der Waals surface area (Å²) in [5.74, 6) is -0.334. The van der Waals surface area contributed by atoms with E-state index in [9.17, 15) is 13.2 Å². The molecule has 21 heavy (non-hydrogen) atoms. The van der Waals surface area contributed by atoms with E-state index in [1.807, 2.05) is 0 Å². The summed E-state index contributed by atoms with van der Waals surface area (Å²) in [5, 5.41) is 7.84. The van der Waals surface area contributed by atoms with Crippen molar-refractivity contribution in [3.05, 3.63) is 28.2 Å². The van der Waals surface area contributed by atoms with Crippen LogP contribution in [0.15, 0.2) is 27.6 Å². The SMILES string of the molecule is NS(=O)(=O)c1cc(Br)cc(C(=O)NCCC2CCCO2)c1. The van der Waals surface area contributed by atoms with Gasteiger partial charge in [0.1, 0.15) is 0 Å². The third kappa shape index (κ3) is 4.77. The van der Waals surface area contributed by atoms with Gasteiger partial charge in [0, 0.05) is 23.2 Å². The van der Waals surface area contributed by atoms with Gasteiger partial charge in [0.15, 0.2) is 0 Å². The molecule has 0 spiro atoms. The molecule has 0 aliphatic carbocycles. The molecule has 1 fully saturated rings. The Morgan fingerprint density at radius 1 is 1.43 bits per heavy atom. The van der Waals surface area contributed by atoms with Gasteiger partial charge in [0.25, 0.3) is 5.91 Å². The molecule has 0 saturated carbocycles. The second-order valence-electron chi connectivity index (χ2n) is 4.90. The van der Waals surface area contributed by atoms with Gasteiger partial charge in [0.05, 0.1) is 11.0 Å². The minimum atomic E-state index is -3.84. The van der Waals surface area contributed by atoms with Gasteiger partial charge in [-0.3, -0.25) is 4.79 Å². The number of ether oxygens (including phenoxy) is 1. The Kier molecular flexibility index (Phi) is 5.37. The number of nitrogens with two attached hydrogens (primary N) is 1. The second kappa shape index (κ2) is 6.87. The van der Waals surface area contributed by atoms with Crippen LogP contribution in [-0.4, -0.2) is 33.6 Å². The van der Waals surface area contributed by atoms with E-state index < -0.39 is 10.0 Å². The molecule has 3 N–H and O–H groups in total. The summed E-state index contributed by atoms with van der Waals surface area (Å²) in [6.07, 6.45) is 3.03. The molecule has 1 aromatic carbocycles. The lowest BCUT2D eigenvalue weighted by Gasteiger charge is -2.10. The first-order valence-electron chi connectivity index (χ1n) is 6.59. The molecule has 1 unspecified atom stereocenters. The van der Waals surface area contributed by atoms with Crippen molar-refractivity contribution in [3.8, 4) is 0 Å². The zero-order valence-electron chi connectivity index (χ0n) is 11.3. The summed E-state index contributed by atoms with van der Waals surface area (Å²) in [5.41, 5.74) is 0.251. The highest BCUT2D eigenvalue weighted by molar-refractivity contribution is 9.10. The highest BCUT2D eigenvalue weighted by Gasteiger charge is 2.17. The van der Waals surface area contributed by atoms with E-state index in [1.54, 1.807) is 6.07 Å². The summed E-state index contributed by atoms with van der Waals surface area (Å²) in [7, 11) is -3.84. The fraction of sp³-hybridized carbons (Fsp3) is 0.462. The Labute approximate surface area is 132 Å². The minimum Gasteiger partial charge on any atom is -0.378 e. The number of primary sulfonamides is 1. The first-order valence-corrected chi connectivity index (χ1v) is 8.93. The van der Waals surface area contributed by atoms with E-state index in [4.69, 9.17) is 9.88 Å². The molecule has 1 amide bonds. The molecule has 1 aliphatic rings. The van der Waals surface area contributed by atoms with Crippen LogP contribution in [0.25, 0.3) is 0 Å². The molecule has 0 aromatic heterocycles. The molecule has 0 radical (unpaired) electrons. The van der Waals surface area contributed by atoms with Crippen molar-refractivity contribution < 1.29 is 17.9 Å². The first-order chi connectivity index (χ1) is 9.86. The minimum absolute atomic E-state index is 0.0962. The molecular formula is C13H17BrN2O4S. The molecule has 6 nitrogen and oxygen atoms in total. The number of carbonyl (C=O) groups is 1. The molecule has 1 aromatic rings. The average molecular weight is 377 g/mol. The Morgan fingerprint density at radius 2 is 2.19 bits per heavy atom. The van der Waals surface area contributed by atoms with Crippen LogP contribution < -0.4 is 10.5 Å². The van der Waals surface area contributed by atoms with Crippen molar-refractivity contribution in [2.24, 2.45) is 5.14 Å². The quantitative estimate of drug-likeness (QED) is 0.810. The third-order valence-electron chi connectivity index (χ3n) is 3.24. The standard InChI is InChI=1S/C13H17BrN2O4S/c14-10-6-9(7-12(8-10)21(15,18)19)13(17)16-4-3-11-2-1-5-20-11/h6-8,11H,1-5H2,(H,16,17)(H2,15,18,19). The maximum atomic E-state index is 12.0. The fourth-order valence-corrected chi connectivity index (χ4v) is 3.41. The Hall–Kier alpha value is -0.960. The van der Waals surface area contributed by atoms with Crippen LogP contribution >= 0.6 is 15.9 Å². The van der Waals surface area contributed by atoms with Gasteiger partial charge >= 0.3 is 0 Å². The van der Waals surface area contributed by atoms with Gasteiger partial charge < -0.3 is 10.1 Å². The van der Waals surface area contributed by atoms with Gasteiger partial charge in [-0.1, -0.05) is 15.9 Å². The van der Waals surface area contributed by atoms with Gasteiger partial charge in [-0.2, -0.15) is 0 Å². The van der Waals surface area contributed by atoms with Crippen molar-refractivity contribution in [3.63, 3.8) is 0 Å². The molecule has 1 heterocycles. The smallest absolute Gasteiger partial charge is 0.251 e. The lowest BCUT2D eigenvalue weighted by molar-refractivity contribution is 0.0907. The van der Waals surface area contributed by atoms with Crippen LogP contribution in [0.3, 0.4) is 0 Å². The summed E-state index contributed by atoms with van der Waals surface area (Å²) in [6, 6.07) is 4.18. The van der Waals surface area contributed by atoms with Crippen LogP contribution in [0.1, 0.15) is 29.6 Å². The van der Waals surface area contributed by atoms with Crippen LogP contribution in [0, 0.1) is 0 Å². The zero-order chi connectivity index (χ0) is 15.5. The monoisotopic (exact) mass is 376 g/mol.